The fraction of sp³-hybridized carbons (Fsp3) is 0.250. The Morgan fingerprint density at radius 2 is 2.08 bits per heavy atom. The third kappa shape index (κ3) is 3.36. The zero-order chi connectivity index (χ0) is 9.14. The maximum atomic E-state index is 13.0. The molecule has 0 aliphatic rings. The lowest BCUT2D eigenvalue weighted by atomic mass is 10.1. The van der Waals surface area contributed by atoms with Gasteiger partial charge in [-0.15, -0.1) is 12.4 Å². The van der Waals surface area contributed by atoms with Crippen LogP contribution in [0.1, 0.15) is 11.6 Å². The summed E-state index contributed by atoms with van der Waals surface area (Å²) in [5, 5.41) is 0. The minimum Gasteiger partial charge on any atom is -0.322 e. The summed E-state index contributed by atoms with van der Waals surface area (Å²) in [5.41, 5.74) is 5.59. The van der Waals surface area contributed by atoms with Crippen LogP contribution >= 0.6 is 35.0 Å². The molecule has 0 unspecified atom stereocenters. The third-order valence-corrected chi connectivity index (χ3v) is 2.19. The fourth-order valence-electron chi connectivity index (χ4n) is 0.882. The second-order valence-corrected chi connectivity index (χ2v) is 3.67. The number of alkyl halides is 1. The van der Waals surface area contributed by atoms with Gasteiger partial charge in [0.1, 0.15) is 12.5 Å². The van der Waals surface area contributed by atoms with Crippen molar-refractivity contribution >= 4 is 35.0 Å². The van der Waals surface area contributed by atoms with Crippen molar-refractivity contribution in [1.82, 2.24) is 0 Å². The Kier molecular flexibility index (Phi) is 5.75. The van der Waals surface area contributed by atoms with Crippen LogP contribution in [0.4, 0.5) is 8.78 Å². The zero-order valence-electron chi connectivity index (χ0n) is 6.64. The van der Waals surface area contributed by atoms with Gasteiger partial charge in [-0.25, -0.2) is 8.78 Å². The third-order valence-electron chi connectivity index (χ3n) is 1.52. The molecule has 2 N–H and O–H groups in total. The number of rotatable bonds is 2. The summed E-state index contributed by atoms with van der Waals surface area (Å²) < 4.78 is 25.9. The van der Waals surface area contributed by atoms with Gasteiger partial charge in [-0.05, 0) is 40.8 Å². The molecule has 74 valence electrons. The van der Waals surface area contributed by atoms with Crippen LogP contribution in [0.2, 0.25) is 0 Å². The van der Waals surface area contributed by atoms with E-state index in [1.807, 2.05) is 22.6 Å². The van der Waals surface area contributed by atoms with E-state index in [-0.39, 0.29) is 18.0 Å². The van der Waals surface area contributed by atoms with Crippen molar-refractivity contribution in [1.29, 1.82) is 0 Å². The summed E-state index contributed by atoms with van der Waals surface area (Å²) in [4.78, 5) is 0. The van der Waals surface area contributed by atoms with Crippen molar-refractivity contribution in [3.63, 3.8) is 0 Å². The zero-order valence-corrected chi connectivity index (χ0v) is 9.61. The molecule has 1 atom stereocenters. The van der Waals surface area contributed by atoms with Crippen LogP contribution in [0.3, 0.4) is 0 Å². The highest BCUT2D eigenvalue weighted by Crippen LogP contribution is 2.18. The van der Waals surface area contributed by atoms with Crippen molar-refractivity contribution in [3.8, 4) is 0 Å². The largest absolute Gasteiger partial charge is 0.322 e. The van der Waals surface area contributed by atoms with Crippen LogP contribution < -0.4 is 5.73 Å². The molecule has 0 saturated heterocycles. The number of hydrogen-bond acceptors (Lipinski definition) is 1. The van der Waals surface area contributed by atoms with E-state index in [4.69, 9.17) is 5.73 Å². The Bertz CT molecular complexity index is 283. The van der Waals surface area contributed by atoms with Gasteiger partial charge in [0.2, 0.25) is 0 Å². The van der Waals surface area contributed by atoms with E-state index in [2.05, 4.69) is 0 Å². The van der Waals surface area contributed by atoms with Crippen molar-refractivity contribution in [3.05, 3.63) is 33.1 Å². The first-order valence-corrected chi connectivity index (χ1v) is 4.49. The molecule has 0 heterocycles. The molecule has 1 rings (SSSR count). The van der Waals surface area contributed by atoms with E-state index in [9.17, 15) is 8.78 Å². The molecule has 0 aliphatic heterocycles. The first-order chi connectivity index (χ1) is 5.65. The van der Waals surface area contributed by atoms with E-state index in [0.717, 1.165) is 3.57 Å². The lowest BCUT2D eigenvalue weighted by Crippen LogP contribution is -2.14. The monoisotopic (exact) mass is 319 g/mol. The molecule has 0 saturated carbocycles. The van der Waals surface area contributed by atoms with Gasteiger partial charge in [-0.3, -0.25) is 0 Å². The quantitative estimate of drug-likeness (QED) is 0.834. The van der Waals surface area contributed by atoms with Crippen LogP contribution in [0.15, 0.2) is 18.2 Å². The number of nitrogens with two attached hydrogens (primary N) is 1. The molecule has 13 heavy (non-hydrogen) atoms. The minimum absolute atomic E-state index is 0. The minimum atomic E-state index is -0.847. The molecule has 0 radical (unpaired) electrons. The van der Waals surface area contributed by atoms with Crippen molar-refractivity contribution < 1.29 is 8.78 Å². The number of hydrogen-bond donors (Lipinski definition) is 1. The number of benzene rings is 1. The SMILES string of the molecule is Cl.N[C@H](CF)c1cc(I)ccc1F. The van der Waals surface area contributed by atoms with Crippen LogP contribution in [-0.2, 0) is 0 Å². The van der Waals surface area contributed by atoms with E-state index >= 15 is 0 Å². The van der Waals surface area contributed by atoms with Gasteiger partial charge in [0.25, 0.3) is 0 Å². The highest BCUT2D eigenvalue weighted by atomic mass is 127. The van der Waals surface area contributed by atoms with Crippen molar-refractivity contribution in [2.75, 3.05) is 6.67 Å². The first-order valence-electron chi connectivity index (χ1n) is 3.41. The maximum Gasteiger partial charge on any atom is 0.128 e. The second kappa shape index (κ2) is 5.72. The molecule has 0 amide bonds. The second-order valence-electron chi connectivity index (χ2n) is 2.43. The summed E-state index contributed by atoms with van der Waals surface area (Å²) >= 11 is 2.03. The Labute approximate surface area is 95.2 Å². The van der Waals surface area contributed by atoms with Gasteiger partial charge < -0.3 is 5.73 Å². The highest BCUT2D eigenvalue weighted by molar-refractivity contribution is 14.1. The molecule has 5 heteroatoms. The van der Waals surface area contributed by atoms with Crippen LogP contribution in [0.5, 0.6) is 0 Å². The lowest BCUT2D eigenvalue weighted by Gasteiger charge is -2.08. The molecule has 1 nitrogen and oxygen atoms in total. The standard InChI is InChI=1S/C8H8F2IN.ClH/c9-4-8(12)6-3-5(11)1-2-7(6)10;/h1-3,8H,4,12H2;1H/t8-;/m1./s1. The van der Waals surface area contributed by atoms with Gasteiger partial charge in [0.05, 0.1) is 6.04 Å². The Balaban J connectivity index is 0.00000144. The average Bonchev–Trinajstić information content (AvgIpc) is 2.08. The van der Waals surface area contributed by atoms with Crippen molar-refractivity contribution in [2.24, 2.45) is 5.73 Å². The Morgan fingerprint density at radius 3 is 2.62 bits per heavy atom. The van der Waals surface area contributed by atoms with E-state index < -0.39 is 18.5 Å². The molecule has 0 bridgehead atoms. The molecule has 1 aromatic carbocycles. The molecular formula is C8H9ClF2IN. The van der Waals surface area contributed by atoms with Crippen LogP contribution in [-0.4, -0.2) is 6.67 Å². The number of halogens is 4. The molecule has 1 aromatic rings. The summed E-state index contributed by atoms with van der Waals surface area (Å²) in [6, 6.07) is 3.62. The normalized spacial score (nSPS) is 12.0. The lowest BCUT2D eigenvalue weighted by molar-refractivity contribution is 0.426. The van der Waals surface area contributed by atoms with Gasteiger partial charge in [-0.2, -0.15) is 0 Å². The van der Waals surface area contributed by atoms with Crippen LogP contribution in [0, 0.1) is 9.39 Å². The summed E-state index contributed by atoms with van der Waals surface area (Å²) in [6.07, 6.45) is 0. The summed E-state index contributed by atoms with van der Waals surface area (Å²) in [6.45, 7) is -0.739. The smallest absolute Gasteiger partial charge is 0.128 e. The molecular weight excluding hydrogens is 310 g/mol. The molecule has 0 fully saturated rings. The first kappa shape index (κ1) is 13.1. The fourth-order valence-corrected chi connectivity index (χ4v) is 1.40. The maximum absolute atomic E-state index is 13.0. The Morgan fingerprint density at radius 1 is 1.46 bits per heavy atom. The van der Waals surface area contributed by atoms with Crippen LogP contribution in [0.25, 0.3) is 0 Å². The van der Waals surface area contributed by atoms with E-state index in [1.165, 1.54) is 6.07 Å². The van der Waals surface area contributed by atoms with Gasteiger partial charge >= 0.3 is 0 Å². The van der Waals surface area contributed by atoms with E-state index in [1.54, 1.807) is 12.1 Å². The average molecular weight is 320 g/mol. The Hall–Kier alpha value is 0.0600. The predicted molar refractivity (Wildman–Crippen MR) is 59.3 cm³/mol. The van der Waals surface area contributed by atoms with Crippen molar-refractivity contribution in [2.45, 2.75) is 6.04 Å². The molecule has 0 aliphatic carbocycles. The van der Waals surface area contributed by atoms with Gasteiger partial charge in [-0.1, -0.05) is 0 Å². The predicted octanol–water partition coefficient (Wildman–Crippen LogP) is 2.82. The summed E-state index contributed by atoms with van der Waals surface area (Å²) in [7, 11) is 0. The topological polar surface area (TPSA) is 26.0 Å². The molecule has 0 spiro atoms. The summed E-state index contributed by atoms with van der Waals surface area (Å²) in [5.74, 6) is -0.444. The molecule has 0 aromatic heterocycles. The van der Waals surface area contributed by atoms with Gasteiger partial charge in [0, 0.05) is 9.13 Å². The van der Waals surface area contributed by atoms with Gasteiger partial charge in [0.15, 0.2) is 0 Å². The van der Waals surface area contributed by atoms with E-state index in [0.29, 0.717) is 0 Å². The highest BCUT2D eigenvalue weighted by Gasteiger charge is 2.10.